The Bertz CT molecular complexity index is 941. The maximum Gasteiger partial charge on any atom is 0.268 e. The molecule has 0 aliphatic carbocycles. The SMILES string of the molecule is CCc1cn(S(=O)(=O)c2ccc(C)cc2)c2c(Br)cccc12. The minimum Gasteiger partial charge on any atom is -0.240 e. The van der Waals surface area contributed by atoms with Gasteiger partial charge in [0.1, 0.15) is 0 Å². The highest BCUT2D eigenvalue weighted by molar-refractivity contribution is 9.10. The van der Waals surface area contributed by atoms with Crippen LogP contribution in [0.25, 0.3) is 10.9 Å². The minimum atomic E-state index is -3.61. The van der Waals surface area contributed by atoms with E-state index in [1.54, 1.807) is 18.3 Å². The molecule has 3 aromatic rings. The number of hydrogen-bond donors (Lipinski definition) is 0. The summed E-state index contributed by atoms with van der Waals surface area (Å²) in [4.78, 5) is 0.299. The van der Waals surface area contributed by atoms with Gasteiger partial charge in [-0.2, -0.15) is 0 Å². The molecule has 0 N–H and O–H groups in total. The Labute approximate surface area is 138 Å². The van der Waals surface area contributed by atoms with Crippen molar-refractivity contribution < 1.29 is 8.42 Å². The van der Waals surface area contributed by atoms with Gasteiger partial charge >= 0.3 is 0 Å². The highest BCUT2D eigenvalue weighted by Gasteiger charge is 2.22. The summed E-state index contributed by atoms with van der Waals surface area (Å²) in [6.45, 7) is 3.96. The van der Waals surface area contributed by atoms with Crippen LogP contribution >= 0.6 is 15.9 Å². The van der Waals surface area contributed by atoms with Crippen LogP contribution in [0, 0.1) is 6.92 Å². The second-order valence-corrected chi connectivity index (χ2v) is 7.93. The predicted octanol–water partition coefficient (Wildman–Crippen LogP) is 4.51. The van der Waals surface area contributed by atoms with Gasteiger partial charge in [-0.1, -0.05) is 36.8 Å². The van der Waals surface area contributed by atoms with E-state index in [1.165, 1.54) is 3.97 Å². The number of nitrogens with zero attached hydrogens (tertiary/aromatic N) is 1. The first kappa shape index (κ1) is 15.3. The number of hydrogen-bond acceptors (Lipinski definition) is 2. The topological polar surface area (TPSA) is 39.1 Å². The number of fused-ring (bicyclic) bond motifs is 1. The van der Waals surface area contributed by atoms with Gasteiger partial charge in [-0.15, -0.1) is 0 Å². The molecule has 0 radical (unpaired) electrons. The molecule has 0 atom stereocenters. The average molecular weight is 378 g/mol. The molecule has 22 heavy (non-hydrogen) atoms. The second-order valence-electron chi connectivity index (χ2n) is 5.26. The Morgan fingerprint density at radius 2 is 1.77 bits per heavy atom. The fourth-order valence-electron chi connectivity index (χ4n) is 2.57. The van der Waals surface area contributed by atoms with E-state index in [0.29, 0.717) is 10.4 Å². The van der Waals surface area contributed by atoms with E-state index in [9.17, 15) is 8.42 Å². The molecule has 0 aliphatic rings. The molecule has 1 heterocycles. The predicted molar refractivity (Wildman–Crippen MR) is 92.8 cm³/mol. The maximum absolute atomic E-state index is 13.0. The third-order valence-corrected chi connectivity index (χ3v) is 6.10. The summed E-state index contributed by atoms with van der Waals surface area (Å²) in [7, 11) is -3.61. The minimum absolute atomic E-state index is 0.299. The molecular formula is C17H16BrNO2S. The van der Waals surface area contributed by atoms with Gasteiger partial charge in [-0.25, -0.2) is 12.4 Å². The lowest BCUT2D eigenvalue weighted by atomic mass is 10.1. The van der Waals surface area contributed by atoms with Crippen molar-refractivity contribution in [1.82, 2.24) is 3.97 Å². The van der Waals surface area contributed by atoms with E-state index in [0.717, 1.165) is 27.4 Å². The first-order chi connectivity index (χ1) is 10.4. The van der Waals surface area contributed by atoms with Crippen LogP contribution in [0.4, 0.5) is 0 Å². The Morgan fingerprint density at radius 1 is 1.09 bits per heavy atom. The van der Waals surface area contributed by atoms with Gasteiger partial charge < -0.3 is 0 Å². The van der Waals surface area contributed by atoms with Crippen molar-refractivity contribution in [1.29, 1.82) is 0 Å². The number of benzene rings is 2. The molecule has 0 amide bonds. The Kier molecular flexibility index (Phi) is 3.87. The molecule has 1 aromatic heterocycles. The normalized spacial score (nSPS) is 12.0. The number of aromatic nitrogens is 1. The second kappa shape index (κ2) is 5.56. The van der Waals surface area contributed by atoms with Crippen LogP contribution in [0.1, 0.15) is 18.1 Å². The van der Waals surface area contributed by atoms with E-state index in [4.69, 9.17) is 0 Å². The van der Waals surface area contributed by atoms with Crippen molar-refractivity contribution in [3.8, 4) is 0 Å². The monoisotopic (exact) mass is 377 g/mol. The zero-order chi connectivity index (χ0) is 15.9. The molecular weight excluding hydrogens is 362 g/mol. The number of rotatable bonds is 3. The average Bonchev–Trinajstić information content (AvgIpc) is 2.88. The van der Waals surface area contributed by atoms with Gasteiger partial charge in [-0.05, 0) is 53.0 Å². The quantitative estimate of drug-likeness (QED) is 0.673. The molecule has 2 aromatic carbocycles. The molecule has 0 spiro atoms. The van der Waals surface area contributed by atoms with Crippen LogP contribution in [0.5, 0.6) is 0 Å². The standard InChI is InChI=1S/C17H16BrNO2S/c1-3-13-11-19(17-15(13)5-4-6-16(17)18)22(20,21)14-9-7-12(2)8-10-14/h4-11H,3H2,1-2H3. The third kappa shape index (κ3) is 2.38. The van der Waals surface area contributed by atoms with E-state index >= 15 is 0 Å². The van der Waals surface area contributed by atoms with Gasteiger partial charge in [-0.3, -0.25) is 0 Å². The largest absolute Gasteiger partial charge is 0.268 e. The summed E-state index contributed by atoms with van der Waals surface area (Å²) in [5, 5.41) is 0.965. The van der Waals surface area contributed by atoms with E-state index < -0.39 is 10.0 Å². The van der Waals surface area contributed by atoms with Crippen LogP contribution < -0.4 is 0 Å². The Hall–Kier alpha value is -1.59. The van der Waals surface area contributed by atoms with Gasteiger partial charge in [0.05, 0.1) is 10.4 Å². The molecule has 0 bridgehead atoms. The zero-order valence-electron chi connectivity index (χ0n) is 12.4. The molecule has 0 aliphatic heterocycles. The fourth-order valence-corrected chi connectivity index (χ4v) is 4.65. The molecule has 114 valence electrons. The van der Waals surface area contributed by atoms with Crippen molar-refractivity contribution in [3.05, 3.63) is 64.3 Å². The lowest BCUT2D eigenvalue weighted by molar-refractivity contribution is 0.589. The fraction of sp³-hybridized carbons (Fsp3) is 0.176. The number of aryl methyl sites for hydroxylation is 2. The van der Waals surface area contributed by atoms with Crippen molar-refractivity contribution >= 4 is 36.9 Å². The van der Waals surface area contributed by atoms with Crippen molar-refractivity contribution in [2.75, 3.05) is 0 Å². The van der Waals surface area contributed by atoms with Crippen LogP contribution in [-0.2, 0) is 16.4 Å². The summed E-state index contributed by atoms with van der Waals surface area (Å²) in [5.41, 5.74) is 2.75. The van der Waals surface area contributed by atoms with Crippen LogP contribution in [0.2, 0.25) is 0 Å². The van der Waals surface area contributed by atoms with E-state index in [1.807, 2.05) is 44.2 Å². The third-order valence-electron chi connectivity index (χ3n) is 3.78. The lowest BCUT2D eigenvalue weighted by Gasteiger charge is -2.09. The summed E-state index contributed by atoms with van der Waals surface area (Å²) in [6, 6.07) is 12.7. The van der Waals surface area contributed by atoms with Crippen LogP contribution in [0.3, 0.4) is 0 Å². The summed E-state index contributed by atoms with van der Waals surface area (Å²) < 4.78 is 28.1. The molecule has 3 nitrogen and oxygen atoms in total. The highest BCUT2D eigenvalue weighted by Crippen LogP contribution is 2.31. The van der Waals surface area contributed by atoms with Crippen molar-refractivity contribution in [2.24, 2.45) is 0 Å². The summed E-state index contributed by atoms with van der Waals surface area (Å²) in [5.74, 6) is 0. The zero-order valence-corrected chi connectivity index (χ0v) is 14.8. The molecule has 5 heteroatoms. The number of halogens is 1. The van der Waals surface area contributed by atoms with Crippen LogP contribution in [0.15, 0.2) is 58.0 Å². The summed E-state index contributed by atoms with van der Waals surface area (Å²) >= 11 is 3.48. The van der Waals surface area contributed by atoms with Gasteiger partial charge in [0.2, 0.25) is 0 Å². The Balaban J connectivity index is 2.32. The number of para-hydroxylation sites is 1. The molecule has 0 saturated carbocycles. The van der Waals surface area contributed by atoms with E-state index in [2.05, 4.69) is 15.9 Å². The first-order valence-electron chi connectivity index (χ1n) is 7.06. The highest BCUT2D eigenvalue weighted by atomic mass is 79.9. The maximum atomic E-state index is 13.0. The van der Waals surface area contributed by atoms with Gasteiger partial charge in [0.15, 0.2) is 0 Å². The molecule has 0 fully saturated rings. The molecule has 0 unspecified atom stereocenters. The van der Waals surface area contributed by atoms with Crippen molar-refractivity contribution in [2.45, 2.75) is 25.2 Å². The molecule has 3 rings (SSSR count). The summed E-state index contributed by atoms with van der Waals surface area (Å²) in [6.07, 6.45) is 2.51. The van der Waals surface area contributed by atoms with Crippen LogP contribution in [-0.4, -0.2) is 12.4 Å². The smallest absolute Gasteiger partial charge is 0.240 e. The van der Waals surface area contributed by atoms with Gasteiger partial charge in [0.25, 0.3) is 10.0 Å². The molecule has 0 saturated heterocycles. The van der Waals surface area contributed by atoms with E-state index in [-0.39, 0.29) is 0 Å². The lowest BCUT2D eigenvalue weighted by Crippen LogP contribution is -2.12. The first-order valence-corrected chi connectivity index (χ1v) is 9.29. The Morgan fingerprint density at radius 3 is 2.41 bits per heavy atom. The van der Waals surface area contributed by atoms with Crippen molar-refractivity contribution in [3.63, 3.8) is 0 Å². The van der Waals surface area contributed by atoms with Gasteiger partial charge in [0, 0.05) is 16.1 Å².